The van der Waals surface area contributed by atoms with Crippen molar-refractivity contribution in [3.8, 4) is 5.88 Å². The third kappa shape index (κ3) is 5.45. The van der Waals surface area contributed by atoms with Crippen LogP contribution in [0.25, 0.3) is 10.9 Å². The summed E-state index contributed by atoms with van der Waals surface area (Å²) in [4.78, 5) is 4.44. The van der Waals surface area contributed by atoms with E-state index in [1.807, 2.05) is 37.3 Å². The fraction of sp³-hybridized carbons (Fsp3) is 0.357. The van der Waals surface area contributed by atoms with Gasteiger partial charge in [-0.25, -0.2) is 4.98 Å². The summed E-state index contributed by atoms with van der Waals surface area (Å²) in [5.41, 5.74) is 2.01. The molecule has 0 radical (unpaired) electrons. The van der Waals surface area contributed by atoms with Gasteiger partial charge in [-0.2, -0.15) is 8.42 Å². The Morgan fingerprint density at radius 3 is 2.86 bits per heavy atom. The first-order valence-corrected chi connectivity index (χ1v) is 9.72. The predicted molar refractivity (Wildman–Crippen MR) is 88.9 cm³/mol. The fourth-order valence-electron chi connectivity index (χ4n) is 1.96. The maximum atomic E-state index is 10.5. The minimum absolute atomic E-state index is 0.284. The van der Waals surface area contributed by atoms with Gasteiger partial charge in [0, 0.05) is 30.3 Å². The van der Waals surface area contributed by atoms with Gasteiger partial charge in [0.2, 0.25) is 5.88 Å². The Kier molecular flexibility index (Phi) is 6.01. The first-order valence-electron chi connectivity index (χ1n) is 6.77. The lowest BCUT2D eigenvalue weighted by Gasteiger charge is -2.09. The molecule has 1 heterocycles. The van der Waals surface area contributed by atoms with Crippen molar-refractivity contribution in [2.75, 3.05) is 25.4 Å². The van der Waals surface area contributed by atoms with E-state index in [1.165, 1.54) is 0 Å². The zero-order valence-electron chi connectivity index (χ0n) is 12.2. The van der Waals surface area contributed by atoms with Crippen LogP contribution >= 0.6 is 10.8 Å². The van der Waals surface area contributed by atoms with E-state index in [9.17, 15) is 8.42 Å². The number of benzene rings is 1. The van der Waals surface area contributed by atoms with Crippen molar-refractivity contribution in [1.29, 1.82) is 0 Å². The van der Waals surface area contributed by atoms with Gasteiger partial charge < -0.3 is 10.1 Å². The number of pyridine rings is 1. The van der Waals surface area contributed by atoms with Crippen molar-refractivity contribution < 1.29 is 17.7 Å². The molecule has 2 N–H and O–H groups in total. The third-order valence-corrected chi connectivity index (χ3v) is 5.00. The first-order chi connectivity index (χ1) is 10.5. The van der Waals surface area contributed by atoms with Crippen LogP contribution in [0.5, 0.6) is 5.88 Å². The van der Waals surface area contributed by atoms with Gasteiger partial charge in [-0.05, 0) is 29.3 Å². The van der Waals surface area contributed by atoms with E-state index < -0.39 is 9.15 Å². The number of nitrogens with zero attached hydrogens (tertiary/aromatic N) is 1. The van der Waals surface area contributed by atoms with Crippen molar-refractivity contribution >= 4 is 30.8 Å². The Hall–Kier alpha value is -1.35. The average Bonchev–Trinajstić information content (AvgIpc) is 2.45. The number of fused-ring (bicyclic) bond motifs is 1. The van der Waals surface area contributed by atoms with Crippen LogP contribution in [0.3, 0.4) is 0 Å². The van der Waals surface area contributed by atoms with Gasteiger partial charge in [-0.1, -0.05) is 18.2 Å². The molecule has 0 bridgehead atoms. The molecule has 0 amide bonds. The van der Waals surface area contributed by atoms with E-state index in [2.05, 4.69) is 10.3 Å². The van der Waals surface area contributed by atoms with Gasteiger partial charge in [0.1, 0.15) is 6.61 Å². The van der Waals surface area contributed by atoms with Gasteiger partial charge in [0.05, 0.1) is 5.52 Å². The highest BCUT2D eigenvalue weighted by Crippen LogP contribution is 2.20. The molecule has 0 saturated heterocycles. The minimum atomic E-state index is -3.95. The monoisotopic (exact) mass is 342 g/mol. The van der Waals surface area contributed by atoms with Gasteiger partial charge in [-0.3, -0.25) is 4.55 Å². The van der Waals surface area contributed by atoms with Gasteiger partial charge in [0.25, 0.3) is 0 Å². The van der Waals surface area contributed by atoms with Crippen molar-refractivity contribution in [2.24, 2.45) is 0 Å². The molecule has 1 aromatic carbocycles. The number of aryl methyl sites for hydroxylation is 1. The number of para-hydroxylation sites is 1. The minimum Gasteiger partial charge on any atom is -0.476 e. The first kappa shape index (κ1) is 17.0. The average molecular weight is 342 g/mol. The SMILES string of the molecule is Cc1cc(OCCNCCSS(=O)(=O)O)nc2ccccc12. The van der Waals surface area contributed by atoms with Crippen molar-refractivity contribution in [2.45, 2.75) is 6.92 Å². The second-order valence-corrected chi connectivity index (χ2v) is 8.11. The second kappa shape index (κ2) is 7.77. The van der Waals surface area contributed by atoms with E-state index in [1.54, 1.807) is 0 Å². The molecule has 120 valence electrons. The Bertz CT molecular complexity index is 735. The lowest BCUT2D eigenvalue weighted by molar-refractivity contribution is 0.305. The van der Waals surface area contributed by atoms with Crippen LogP contribution in [-0.2, 0) is 9.15 Å². The largest absolute Gasteiger partial charge is 0.476 e. The highest BCUT2D eigenvalue weighted by molar-refractivity contribution is 8.69. The highest BCUT2D eigenvalue weighted by atomic mass is 33.1. The van der Waals surface area contributed by atoms with Crippen LogP contribution in [0.4, 0.5) is 0 Å². The summed E-state index contributed by atoms with van der Waals surface area (Å²) in [5.74, 6) is 0.858. The van der Waals surface area contributed by atoms with Crippen LogP contribution in [0, 0.1) is 6.92 Å². The molecule has 0 spiro atoms. The predicted octanol–water partition coefficient (Wildman–Crippen LogP) is 2.05. The number of aromatic nitrogens is 1. The van der Waals surface area contributed by atoms with Crippen molar-refractivity contribution in [3.05, 3.63) is 35.9 Å². The molecule has 0 fully saturated rings. The molecular weight excluding hydrogens is 324 g/mol. The summed E-state index contributed by atoms with van der Waals surface area (Å²) in [5, 5.41) is 4.14. The molecule has 22 heavy (non-hydrogen) atoms. The molecular formula is C14H18N2O4S2. The topological polar surface area (TPSA) is 88.5 Å². The highest BCUT2D eigenvalue weighted by Gasteiger charge is 2.04. The van der Waals surface area contributed by atoms with Crippen molar-refractivity contribution in [1.82, 2.24) is 10.3 Å². The lowest BCUT2D eigenvalue weighted by atomic mass is 10.1. The number of hydrogen-bond acceptors (Lipinski definition) is 6. The summed E-state index contributed by atoms with van der Waals surface area (Å²) in [6.45, 7) is 3.49. The Labute approximate surface area is 133 Å². The number of ether oxygens (including phenoxy) is 1. The number of rotatable bonds is 8. The van der Waals surface area contributed by atoms with Gasteiger partial charge in [0.15, 0.2) is 0 Å². The molecule has 1 aromatic heterocycles. The maximum absolute atomic E-state index is 10.5. The van der Waals surface area contributed by atoms with Gasteiger partial charge in [-0.15, -0.1) is 0 Å². The second-order valence-electron chi connectivity index (χ2n) is 4.64. The fourth-order valence-corrected chi connectivity index (χ4v) is 3.28. The molecule has 0 saturated carbocycles. The van der Waals surface area contributed by atoms with Crippen LogP contribution in [0.2, 0.25) is 0 Å². The van der Waals surface area contributed by atoms with Crippen LogP contribution in [0.1, 0.15) is 5.56 Å². The van der Waals surface area contributed by atoms with Gasteiger partial charge >= 0.3 is 9.15 Å². The molecule has 2 aromatic rings. The molecule has 0 atom stereocenters. The van der Waals surface area contributed by atoms with Crippen LogP contribution in [-0.4, -0.2) is 43.4 Å². The van der Waals surface area contributed by atoms with Crippen LogP contribution in [0.15, 0.2) is 30.3 Å². The Morgan fingerprint density at radius 1 is 1.32 bits per heavy atom. The molecule has 6 nitrogen and oxygen atoms in total. The summed E-state index contributed by atoms with van der Waals surface area (Å²) in [7, 11) is -3.45. The molecule has 2 rings (SSSR count). The number of hydrogen-bond donors (Lipinski definition) is 2. The third-order valence-electron chi connectivity index (χ3n) is 2.94. The summed E-state index contributed by atoms with van der Waals surface area (Å²) < 4.78 is 35.2. The Balaban J connectivity index is 1.76. The number of nitrogens with one attached hydrogen (secondary N) is 1. The van der Waals surface area contributed by atoms with Crippen LogP contribution < -0.4 is 10.1 Å². The standard InChI is InChI=1S/C14H18N2O4S2/c1-11-10-14(16-13-5-3-2-4-12(11)13)20-8-6-15-7-9-21-22(17,18)19/h2-5,10,15H,6-9H2,1H3,(H,17,18,19). The quantitative estimate of drug-likeness (QED) is 0.431. The van der Waals surface area contributed by atoms with E-state index in [-0.39, 0.29) is 5.75 Å². The van der Waals surface area contributed by atoms with E-state index >= 15 is 0 Å². The molecule has 0 unspecified atom stereocenters. The van der Waals surface area contributed by atoms with E-state index in [0.717, 1.165) is 16.5 Å². The molecule has 0 aliphatic heterocycles. The van der Waals surface area contributed by atoms with Crippen molar-refractivity contribution in [3.63, 3.8) is 0 Å². The normalized spacial score (nSPS) is 11.7. The van der Waals surface area contributed by atoms with E-state index in [4.69, 9.17) is 9.29 Å². The lowest BCUT2D eigenvalue weighted by Crippen LogP contribution is -2.23. The summed E-state index contributed by atoms with van der Waals surface area (Å²) >= 11 is 0. The summed E-state index contributed by atoms with van der Waals surface area (Å²) in [6.07, 6.45) is 0. The molecule has 0 aliphatic carbocycles. The molecule has 0 aliphatic rings. The zero-order chi connectivity index (χ0) is 16.0. The Morgan fingerprint density at radius 2 is 2.09 bits per heavy atom. The summed E-state index contributed by atoms with van der Waals surface area (Å²) in [6, 6.07) is 9.78. The maximum Gasteiger partial charge on any atom is 0.319 e. The molecule has 8 heteroatoms. The van der Waals surface area contributed by atoms with E-state index in [0.29, 0.717) is 36.4 Å². The zero-order valence-corrected chi connectivity index (χ0v) is 13.8. The smallest absolute Gasteiger partial charge is 0.319 e.